The molecule has 5 nitrogen and oxygen atoms in total. The first-order valence-corrected chi connectivity index (χ1v) is 9.07. The Bertz CT molecular complexity index is 835. The van der Waals surface area contributed by atoms with Gasteiger partial charge in [-0.3, -0.25) is 4.98 Å². The summed E-state index contributed by atoms with van der Waals surface area (Å²) < 4.78 is 28.1. The molecule has 2 atom stereocenters. The zero-order valence-corrected chi connectivity index (χ0v) is 14.5. The Morgan fingerprint density at radius 3 is 2.87 bits per heavy atom. The molecule has 2 aliphatic heterocycles. The van der Waals surface area contributed by atoms with Gasteiger partial charge in [0.05, 0.1) is 4.90 Å². The Labute approximate surface area is 142 Å². The third-order valence-electron chi connectivity index (χ3n) is 4.79. The number of piperidine rings is 1. The van der Waals surface area contributed by atoms with E-state index in [9.17, 15) is 8.42 Å². The third kappa shape index (κ3) is 2.63. The minimum Gasteiger partial charge on any atom is -0.315 e. The zero-order valence-electron chi connectivity index (χ0n) is 12.9. The van der Waals surface area contributed by atoms with Crippen molar-refractivity contribution in [3.8, 4) is 0 Å². The van der Waals surface area contributed by atoms with E-state index >= 15 is 0 Å². The predicted octanol–water partition coefficient (Wildman–Crippen LogP) is 1.95. The highest BCUT2D eigenvalue weighted by Gasteiger charge is 2.42. The largest absolute Gasteiger partial charge is 0.315 e. The normalized spacial score (nSPS) is 24.6. The first-order chi connectivity index (χ1) is 10.6. The van der Waals surface area contributed by atoms with Gasteiger partial charge in [-0.1, -0.05) is 12.1 Å². The van der Waals surface area contributed by atoms with E-state index in [2.05, 4.69) is 10.3 Å². The van der Waals surface area contributed by atoms with Gasteiger partial charge in [0.2, 0.25) is 10.0 Å². The van der Waals surface area contributed by atoms with E-state index < -0.39 is 10.0 Å². The second-order valence-electron chi connectivity index (χ2n) is 6.30. The molecule has 2 fully saturated rings. The average Bonchev–Trinajstić information content (AvgIpc) is 2.82. The number of hydrogen-bond donors (Lipinski definition) is 1. The summed E-state index contributed by atoms with van der Waals surface area (Å²) in [5.74, 6) is 0.436. The van der Waals surface area contributed by atoms with Crippen LogP contribution in [0.1, 0.15) is 12.0 Å². The lowest BCUT2D eigenvalue weighted by Crippen LogP contribution is -2.41. The van der Waals surface area contributed by atoms with Gasteiger partial charge in [-0.2, -0.15) is 4.31 Å². The minimum atomic E-state index is -3.48. The molecular weight excluding hydrogens is 334 g/mol. The number of sulfonamides is 1. The third-order valence-corrected chi connectivity index (χ3v) is 6.75. The van der Waals surface area contributed by atoms with Crippen LogP contribution in [0.3, 0.4) is 0 Å². The molecule has 0 saturated carbocycles. The van der Waals surface area contributed by atoms with Gasteiger partial charge >= 0.3 is 0 Å². The summed E-state index contributed by atoms with van der Waals surface area (Å²) in [6.07, 6.45) is 4.42. The highest BCUT2D eigenvalue weighted by atomic mass is 35.5. The standard InChI is InChI=1S/C16H19N3O2S.ClH/c1-11-6-17-8-13-3-2-4-15(16(11)13)22(20,21)19-10-12-5-14(19)9-18-7-12;/h2-4,6,8,12,14,18H,5,7,9-10H2,1H3;1H. The van der Waals surface area contributed by atoms with Gasteiger partial charge < -0.3 is 5.32 Å². The molecule has 23 heavy (non-hydrogen) atoms. The minimum absolute atomic E-state index is 0. The van der Waals surface area contributed by atoms with E-state index in [-0.39, 0.29) is 18.4 Å². The van der Waals surface area contributed by atoms with Gasteiger partial charge in [-0.15, -0.1) is 12.4 Å². The number of nitrogens with one attached hydrogen (secondary N) is 1. The Hall–Kier alpha value is -1.21. The van der Waals surface area contributed by atoms with E-state index in [4.69, 9.17) is 0 Å². The van der Waals surface area contributed by atoms with Gasteiger partial charge in [0.15, 0.2) is 0 Å². The van der Waals surface area contributed by atoms with Crippen LogP contribution < -0.4 is 5.32 Å². The summed E-state index contributed by atoms with van der Waals surface area (Å²) in [6, 6.07) is 5.52. The predicted molar refractivity (Wildman–Crippen MR) is 92.4 cm³/mol. The summed E-state index contributed by atoms with van der Waals surface area (Å²) in [7, 11) is -3.48. The molecule has 2 aromatic rings. The molecule has 7 heteroatoms. The van der Waals surface area contributed by atoms with E-state index in [1.807, 2.05) is 13.0 Å². The van der Waals surface area contributed by atoms with Crippen molar-refractivity contribution in [2.45, 2.75) is 24.3 Å². The number of nitrogens with zero attached hydrogens (tertiary/aromatic N) is 2. The monoisotopic (exact) mass is 353 g/mol. The molecule has 2 aliphatic rings. The zero-order chi connectivity index (χ0) is 15.3. The molecule has 0 amide bonds. The Kier molecular flexibility index (Phi) is 4.35. The van der Waals surface area contributed by atoms with Gasteiger partial charge in [-0.25, -0.2) is 8.42 Å². The number of halogens is 1. The average molecular weight is 354 g/mol. The first kappa shape index (κ1) is 16.6. The van der Waals surface area contributed by atoms with Crippen LogP contribution in [0, 0.1) is 12.8 Å². The van der Waals surface area contributed by atoms with Crippen molar-refractivity contribution in [3.05, 3.63) is 36.2 Å². The Balaban J connectivity index is 0.00000156. The molecule has 3 heterocycles. The van der Waals surface area contributed by atoms with Crippen molar-refractivity contribution in [3.63, 3.8) is 0 Å². The molecule has 2 unspecified atom stereocenters. The maximum absolute atomic E-state index is 13.2. The quantitative estimate of drug-likeness (QED) is 0.896. The molecule has 1 N–H and O–H groups in total. The van der Waals surface area contributed by atoms with Crippen LogP contribution in [0.25, 0.3) is 10.8 Å². The van der Waals surface area contributed by atoms with E-state index in [0.29, 0.717) is 17.4 Å². The molecule has 1 aromatic heterocycles. The van der Waals surface area contributed by atoms with Crippen molar-refractivity contribution >= 4 is 33.2 Å². The van der Waals surface area contributed by atoms with Crippen LogP contribution in [0.5, 0.6) is 0 Å². The molecule has 1 aromatic carbocycles. The molecule has 2 bridgehead atoms. The fourth-order valence-electron chi connectivity index (χ4n) is 3.77. The van der Waals surface area contributed by atoms with Crippen LogP contribution in [0.15, 0.2) is 35.5 Å². The van der Waals surface area contributed by atoms with Crippen LogP contribution >= 0.6 is 12.4 Å². The van der Waals surface area contributed by atoms with Gasteiger partial charge in [-0.05, 0) is 37.4 Å². The van der Waals surface area contributed by atoms with Gasteiger partial charge in [0, 0.05) is 42.3 Å². The number of hydrogen-bond acceptors (Lipinski definition) is 4. The van der Waals surface area contributed by atoms with Crippen LogP contribution in [0.2, 0.25) is 0 Å². The van der Waals surface area contributed by atoms with Gasteiger partial charge in [0.25, 0.3) is 0 Å². The van der Waals surface area contributed by atoms with Crippen molar-refractivity contribution < 1.29 is 8.42 Å². The Morgan fingerprint density at radius 2 is 2.09 bits per heavy atom. The fourth-order valence-corrected chi connectivity index (χ4v) is 5.77. The second-order valence-corrected chi connectivity index (χ2v) is 8.16. The molecule has 124 valence electrons. The Morgan fingerprint density at radius 1 is 1.26 bits per heavy atom. The molecule has 0 radical (unpaired) electrons. The smallest absolute Gasteiger partial charge is 0.244 e. The second kappa shape index (κ2) is 6.02. The molecule has 0 spiro atoms. The van der Waals surface area contributed by atoms with Crippen LogP contribution in [-0.2, 0) is 10.0 Å². The molecule has 4 rings (SSSR count). The summed E-state index contributed by atoms with van der Waals surface area (Å²) in [6.45, 7) is 4.21. The van der Waals surface area contributed by atoms with Crippen molar-refractivity contribution in [1.29, 1.82) is 0 Å². The van der Waals surface area contributed by atoms with Crippen molar-refractivity contribution in [2.75, 3.05) is 19.6 Å². The number of benzene rings is 1. The maximum atomic E-state index is 13.2. The highest BCUT2D eigenvalue weighted by Crippen LogP contribution is 2.34. The molecule has 2 saturated heterocycles. The number of pyridine rings is 1. The SMILES string of the molecule is Cc1cncc2cccc(S(=O)(=O)N3CC4CNCC3C4)c12.Cl. The summed E-state index contributed by atoms with van der Waals surface area (Å²) in [4.78, 5) is 4.58. The summed E-state index contributed by atoms with van der Waals surface area (Å²) in [5, 5.41) is 5.01. The number of aryl methyl sites for hydroxylation is 1. The number of rotatable bonds is 2. The number of aromatic nitrogens is 1. The number of fused-ring (bicyclic) bond motifs is 3. The topological polar surface area (TPSA) is 62.3 Å². The molecule has 0 aliphatic carbocycles. The van der Waals surface area contributed by atoms with E-state index in [1.54, 1.807) is 28.8 Å². The van der Waals surface area contributed by atoms with Crippen LogP contribution in [-0.4, -0.2) is 43.4 Å². The maximum Gasteiger partial charge on any atom is 0.244 e. The summed E-state index contributed by atoms with van der Waals surface area (Å²) >= 11 is 0. The van der Waals surface area contributed by atoms with Crippen molar-refractivity contribution in [1.82, 2.24) is 14.6 Å². The van der Waals surface area contributed by atoms with Crippen LogP contribution in [0.4, 0.5) is 0 Å². The van der Waals surface area contributed by atoms with Crippen molar-refractivity contribution in [2.24, 2.45) is 5.92 Å². The molecular formula is C16H20ClN3O2S. The lowest BCUT2D eigenvalue weighted by Gasteiger charge is -2.25. The fraction of sp³-hybridized carbons (Fsp3) is 0.438. The first-order valence-electron chi connectivity index (χ1n) is 7.63. The van der Waals surface area contributed by atoms with Gasteiger partial charge in [0.1, 0.15) is 0 Å². The summed E-state index contributed by atoms with van der Waals surface area (Å²) in [5.41, 5.74) is 0.900. The highest BCUT2D eigenvalue weighted by molar-refractivity contribution is 7.89. The lowest BCUT2D eigenvalue weighted by atomic mass is 10.0. The van der Waals surface area contributed by atoms with E-state index in [0.717, 1.165) is 35.8 Å². The lowest BCUT2D eigenvalue weighted by molar-refractivity contribution is 0.370. The van der Waals surface area contributed by atoms with E-state index in [1.165, 1.54) is 0 Å².